The molecule has 0 heterocycles. The fourth-order valence-corrected chi connectivity index (χ4v) is 4.75. The van der Waals surface area contributed by atoms with Crippen LogP contribution in [0.25, 0.3) is 10.8 Å². The van der Waals surface area contributed by atoms with E-state index < -0.39 is 0 Å². The number of fused-ring (bicyclic) bond motifs is 1. The summed E-state index contributed by atoms with van der Waals surface area (Å²) in [6.07, 6.45) is 12.4. The van der Waals surface area contributed by atoms with Crippen LogP contribution in [-0.2, 0) is 0 Å². The normalized spacial score (nSPS) is 10.4. The molecule has 0 aliphatic carbocycles. The van der Waals surface area contributed by atoms with Crippen LogP contribution in [-0.4, -0.2) is 13.2 Å². The lowest BCUT2D eigenvalue weighted by Crippen LogP contribution is -1.97. The van der Waals surface area contributed by atoms with Gasteiger partial charge in [0.1, 0.15) is 11.5 Å². The molecule has 4 rings (SSSR count). The molecule has 0 N–H and O–H groups in total. The van der Waals surface area contributed by atoms with Crippen molar-refractivity contribution >= 4 is 10.8 Å². The zero-order valence-corrected chi connectivity index (χ0v) is 25.4. The highest BCUT2D eigenvalue weighted by Crippen LogP contribution is 2.19. The quantitative estimate of drug-likeness (QED) is 0.114. The molecular weight excluding hydrogens is 512 g/mol. The standard InChI is InChI=1S/C40H44O2/c1-3-5-7-9-11-29-41-39-25-19-33(20-26-39)13-15-35-17-23-38-32-36(18-24-37(38)31-35)16-14-34-21-27-40(28-22-34)42-30-12-10-8-6-4-2/h17-28,31-32H,3-12,29-30H2,1-2H3. The second-order valence-corrected chi connectivity index (χ2v) is 10.9. The first-order valence-electron chi connectivity index (χ1n) is 15.8. The summed E-state index contributed by atoms with van der Waals surface area (Å²) < 4.78 is 11.7. The van der Waals surface area contributed by atoms with Gasteiger partial charge >= 0.3 is 0 Å². The molecule has 4 aromatic rings. The minimum Gasteiger partial charge on any atom is -0.494 e. The summed E-state index contributed by atoms with van der Waals surface area (Å²) in [5, 5.41) is 2.32. The number of hydrogen-bond donors (Lipinski definition) is 0. The van der Waals surface area contributed by atoms with E-state index in [0.29, 0.717) is 0 Å². The molecule has 2 heteroatoms. The Morgan fingerprint density at radius 3 is 1.17 bits per heavy atom. The van der Waals surface area contributed by atoms with Gasteiger partial charge in [0.2, 0.25) is 0 Å². The van der Waals surface area contributed by atoms with Crippen LogP contribution in [0.2, 0.25) is 0 Å². The molecule has 42 heavy (non-hydrogen) atoms. The fraction of sp³-hybridized carbons (Fsp3) is 0.350. The molecule has 0 aliphatic rings. The Kier molecular flexibility index (Phi) is 12.9. The lowest BCUT2D eigenvalue weighted by atomic mass is 10.0. The highest BCUT2D eigenvalue weighted by Gasteiger charge is 1.99. The molecule has 0 unspecified atom stereocenters. The first-order valence-corrected chi connectivity index (χ1v) is 15.8. The number of ether oxygens (including phenoxy) is 2. The summed E-state index contributed by atoms with van der Waals surface area (Å²) in [5.74, 6) is 15.0. The number of rotatable bonds is 14. The topological polar surface area (TPSA) is 18.5 Å². The Morgan fingerprint density at radius 1 is 0.405 bits per heavy atom. The van der Waals surface area contributed by atoms with E-state index >= 15 is 0 Å². The molecule has 0 amide bonds. The summed E-state index contributed by atoms with van der Waals surface area (Å²) in [6.45, 7) is 6.03. The molecule has 2 nitrogen and oxygen atoms in total. The molecular formula is C40H44O2. The fourth-order valence-electron chi connectivity index (χ4n) is 4.75. The van der Waals surface area contributed by atoms with E-state index in [0.717, 1.165) is 70.6 Å². The first-order chi connectivity index (χ1) is 20.7. The Morgan fingerprint density at radius 2 is 0.762 bits per heavy atom. The van der Waals surface area contributed by atoms with Crippen LogP contribution >= 0.6 is 0 Å². The Hall–Kier alpha value is -4.14. The van der Waals surface area contributed by atoms with Crippen molar-refractivity contribution in [2.45, 2.75) is 78.1 Å². The van der Waals surface area contributed by atoms with Gasteiger partial charge in [0.15, 0.2) is 0 Å². The maximum atomic E-state index is 5.87. The van der Waals surface area contributed by atoms with Crippen LogP contribution in [0.4, 0.5) is 0 Å². The molecule has 0 aliphatic heterocycles. The maximum Gasteiger partial charge on any atom is 0.119 e. The minimum absolute atomic E-state index is 0.779. The number of unbranched alkanes of at least 4 members (excludes halogenated alkanes) is 8. The number of hydrogen-bond acceptors (Lipinski definition) is 2. The molecule has 4 aromatic carbocycles. The van der Waals surface area contributed by atoms with Crippen molar-refractivity contribution in [1.29, 1.82) is 0 Å². The molecule has 0 radical (unpaired) electrons. The van der Waals surface area contributed by atoms with Gasteiger partial charge in [-0.05, 0) is 96.4 Å². The van der Waals surface area contributed by atoms with E-state index in [9.17, 15) is 0 Å². The summed E-state index contributed by atoms with van der Waals surface area (Å²) >= 11 is 0. The van der Waals surface area contributed by atoms with Crippen molar-refractivity contribution in [1.82, 2.24) is 0 Å². The summed E-state index contributed by atoms with van der Waals surface area (Å²) in [6, 6.07) is 28.8. The third-order valence-electron chi connectivity index (χ3n) is 7.28. The van der Waals surface area contributed by atoms with Gasteiger partial charge in [-0.2, -0.15) is 0 Å². The third kappa shape index (κ3) is 10.7. The zero-order chi connectivity index (χ0) is 29.2. The Balaban J connectivity index is 1.28. The van der Waals surface area contributed by atoms with Crippen molar-refractivity contribution in [3.05, 3.63) is 107 Å². The highest BCUT2D eigenvalue weighted by molar-refractivity contribution is 5.85. The van der Waals surface area contributed by atoms with Gasteiger partial charge in [0, 0.05) is 22.3 Å². The van der Waals surface area contributed by atoms with Gasteiger partial charge < -0.3 is 9.47 Å². The molecule has 0 saturated heterocycles. The van der Waals surface area contributed by atoms with Crippen LogP contribution in [0.15, 0.2) is 84.9 Å². The highest BCUT2D eigenvalue weighted by atomic mass is 16.5. The average molecular weight is 557 g/mol. The van der Waals surface area contributed by atoms with Crippen molar-refractivity contribution < 1.29 is 9.47 Å². The van der Waals surface area contributed by atoms with Gasteiger partial charge in [-0.3, -0.25) is 0 Å². The predicted octanol–water partition coefficient (Wildman–Crippen LogP) is 10.3. The van der Waals surface area contributed by atoms with E-state index in [-0.39, 0.29) is 0 Å². The van der Waals surface area contributed by atoms with E-state index in [1.54, 1.807) is 0 Å². The van der Waals surface area contributed by atoms with E-state index in [4.69, 9.17) is 9.47 Å². The van der Waals surface area contributed by atoms with Crippen LogP contribution in [0.3, 0.4) is 0 Å². The SMILES string of the molecule is CCCCCCCOc1ccc(C#Cc2ccc3cc(C#Cc4ccc(OCCCCCCC)cc4)ccc3c2)cc1. The minimum atomic E-state index is 0.779. The van der Waals surface area contributed by atoms with E-state index in [1.165, 1.54) is 51.4 Å². The first kappa shape index (κ1) is 30.8. The average Bonchev–Trinajstić information content (AvgIpc) is 3.03. The van der Waals surface area contributed by atoms with Crippen LogP contribution in [0.5, 0.6) is 11.5 Å². The molecule has 0 aromatic heterocycles. The van der Waals surface area contributed by atoms with Crippen molar-refractivity contribution in [3.63, 3.8) is 0 Å². The zero-order valence-electron chi connectivity index (χ0n) is 25.4. The van der Waals surface area contributed by atoms with Crippen molar-refractivity contribution in [2.24, 2.45) is 0 Å². The van der Waals surface area contributed by atoms with Crippen molar-refractivity contribution in [3.8, 4) is 35.2 Å². The largest absolute Gasteiger partial charge is 0.494 e. The summed E-state index contributed by atoms with van der Waals surface area (Å²) in [4.78, 5) is 0. The van der Waals surface area contributed by atoms with Gasteiger partial charge in [0.25, 0.3) is 0 Å². The van der Waals surface area contributed by atoms with Crippen LogP contribution < -0.4 is 9.47 Å². The third-order valence-corrected chi connectivity index (χ3v) is 7.28. The summed E-state index contributed by atoms with van der Waals surface area (Å²) in [5.41, 5.74) is 3.96. The summed E-state index contributed by atoms with van der Waals surface area (Å²) in [7, 11) is 0. The second kappa shape index (κ2) is 17.6. The van der Waals surface area contributed by atoms with Gasteiger partial charge in [-0.1, -0.05) is 101 Å². The molecule has 0 spiro atoms. The molecule has 0 saturated carbocycles. The van der Waals surface area contributed by atoms with Gasteiger partial charge in [-0.25, -0.2) is 0 Å². The maximum absolute atomic E-state index is 5.87. The van der Waals surface area contributed by atoms with Gasteiger partial charge in [0.05, 0.1) is 13.2 Å². The molecule has 216 valence electrons. The molecule has 0 fully saturated rings. The Labute approximate surface area is 253 Å². The molecule has 0 atom stereocenters. The lowest BCUT2D eigenvalue weighted by molar-refractivity contribution is 0.304. The predicted molar refractivity (Wildman–Crippen MR) is 177 cm³/mol. The van der Waals surface area contributed by atoms with Crippen LogP contribution in [0.1, 0.15) is 100 Å². The number of benzene rings is 4. The second-order valence-electron chi connectivity index (χ2n) is 10.9. The lowest BCUT2D eigenvalue weighted by Gasteiger charge is -2.06. The van der Waals surface area contributed by atoms with E-state index in [1.807, 2.05) is 48.5 Å². The van der Waals surface area contributed by atoms with Crippen molar-refractivity contribution in [2.75, 3.05) is 13.2 Å². The van der Waals surface area contributed by atoms with Gasteiger partial charge in [-0.15, -0.1) is 0 Å². The smallest absolute Gasteiger partial charge is 0.119 e. The molecule has 0 bridgehead atoms. The van der Waals surface area contributed by atoms with E-state index in [2.05, 4.69) is 73.9 Å². The Bertz CT molecular complexity index is 1370. The monoisotopic (exact) mass is 556 g/mol. The van der Waals surface area contributed by atoms with Crippen LogP contribution in [0, 0.1) is 23.7 Å².